The lowest BCUT2D eigenvalue weighted by Crippen LogP contribution is -2.42. The zero-order valence-electron chi connectivity index (χ0n) is 13.9. The lowest BCUT2D eigenvalue weighted by Gasteiger charge is -2.17. The topological polar surface area (TPSA) is 96.0 Å². The molecule has 2 aliphatic rings. The van der Waals surface area contributed by atoms with Gasteiger partial charge in [0.05, 0.1) is 6.61 Å². The number of hydrogen-bond donors (Lipinski definition) is 1. The Bertz CT molecular complexity index is 558. The van der Waals surface area contributed by atoms with Crippen molar-refractivity contribution in [3.05, 3.63) is 11.6 Å². The van der Waals surface area contributed by atoms with Crippen molar-refractivity contribution in [3.63, 3.8) is 0 Å². The van der Waals surface area contributed by atoms with Gasteiger partial charge in [0, 0.05) is 20.2 Å². The second-order valence-corrected chi connectivity index (χ2v) is 5.83. The van der Waals surface area contributed by atoms with E-state index in [1.54, 1.807) is 0 Å². The number of hydrogen-bond acceptors (Lipinski definition) is 5. The third-order valence-corrected chi connectivity index (χ3v) is 4.11. The molecule has 1 fully saturated rings. The molecule has 0 aromatic rings. The number of amides is 5. The SMILES string of the molecule is COCCNC(=O)CN1C(=O)C(=O)N(CCC2=CCCCC2)C1=O. The molecule has 0 atom stereocenters. The minimum absolute atomic E-state index is 0.178. The Labute approximate surface area is 140 Å². The van der Waals surface area contributed by atoms with Crippen LogP contribution in [0.5, 0.6) is 0 Å². The Morgan fingerprint density at radius 1 is 1.21 bits per heavy atom. The third-order valence-electron chi connectivity index (χ3n) is 4.11. The summed E-state index contributed by atoms with van der Waals surface area (Å²) >= 11 is 0. The van der Waals surface area contributed by atoms with Gasteiger partial charge >= 0.3 is 17.8 Å². The van der Waals surface area contributed by atoms with Crippen molar-refractivity contribution >= 4 is 23.8 Å². The summed E-state index contributed by atoms with van der Waals surface area (Å²) in [6.07, 6.45) is 6.98. The molecule has 2 rings (SSSR count). The van der Waals surface area contributed by atoms with Crippen molar-refractivity contribution in [2.45, 2.75) is 32.1 Å². The fourth-order valence-electron chi connectivity index (χ4n) is 2.77. The summed E-state index contributed by atoms with van der Waals surface area (Å²) < 4.78 is 4.80. The highest BCUT2D eigenvalue weighted by Crippen LogP contribution is 2.21. The number of carbonyl (C=O) groups excluding carboxylic acids is 4. The Morgan fingerprint density at radius 3 is 2.62 bits per heavy atom. The second kappa shape index (κ2) is 8.58. The Hall–Kier alpha value is -2.22. The summed E-state index contributed by atoms with van der Waals surface area (Å²) in [5, 5.41) is 2.52. The zero-order valence-corrected chi connectivity index (χ0v) is 13.9. The Balaban J connectivity index is 1.89. The summed E-state index contributed by atoms with van der Waals surface area (Å²) in [4.78, 5) is 49.5. The first-order chi connectivity index (χ1) is 11.5. The predicted octanol–water partition coefficient (Wildman–Crippen LogP) is 0.430. The first-order valence-electron chi connectivity index (χ1n) is 8.15. The van der Waals surface area contributed by atoms with Gasteiger partial charge in [-0.1, -0.05) is 11.6 Å². The van der Waals surface area contributed by atoms with E-state index in [4.69, 9.17) is 4.74 Å². The number of allylic oxidation sites excluding steroid dienone is 1. The molecule has 0 radical (unpaired) electrons. The maximum atomic E-state index is 12.3. The number of urea groups is 1. The molecule has 1 aliphatic carbocycles. The lowest BCUT2D eigenvalue weighted by atomic mass is 9.97. The molecule has 8 heteroatoms. The van der Waals surface area contributed by atoms with Gasteiger partial charge in [-0.25, -0.2) is 9.69 Å². The highest BCUT2D eigenvalue weighted by Gasteiger charge is 2.44. The Morgan fingerprint density at radius 2 is 1.96 bits per heavy atom. The van der Waals surface area contributed by atoms with Crippen LogP contribution in [0.15, 0.2) is 11.6 Å². The molecular weight excluding hydrogens is 314 g/mol. The van der Waals surface area contributed by atoms with E-state index in [0.29, 0.717) is 17.9 Å². The van der Waals surface area contributed by atoms with Gasteiger partial charge in [-0.05, 0) is 32.1 Å². The smallest absolute Gasteiger partial charge is 0.334 e. The van der Waals surface area contributed by atoms with E-state index >= 15 is 0 Å². The molecule has 1 N–H and O–H groups in total. The summed E-state index contributed by atoms with van der Waals surface area (Å²) in [5.74, 6) is -2.31. The average molecular weight is 337 g/mol. The van der Waals surface area contributed by atoms with Crippen molar-refractivity contribution in [2.24, 2.45) is 0 Å². The van der Waals surface area contributed by atoms with Crippen LogP contribution < -0.4 is 5.32 Å². The van der Waals surface area contributed by atoms with Gasteiger partial charge in [0.15, 0.2) is 0 Å². The van der Waals surface area contributed by atoms with E-state index in [2.05, 4.69) is 11.4 Å². The maximum Gasteiger partial charge on any atom is 0.334 e. The second-order valence-electron chi connectivity index (χ2n) is 5.83. The molecule has 1 saturated heterocycles. The van der Waals surface area contributed by atoms with Crippen molar-refractivity contribution in [2.75, 3.05) is 33.4 Å². The number of imide groups is 2. The van der Waals surface area contributed by atoms with Gasteiger partial charge in [0.1, 0.15) is 6.54 Å². The van der Waals surface area contributed by atoms with E-state index in [-0.39, 0.29) is 13.1 Å². The number of nitrogens with one attached hydrogen (secondary N) is 1. The van der Waals surface area contributed by atoms with E-state index < -0.39 is 30.3 Å². The van der Waals surface area contributed by atoms with Gasteiger partial charge in [0.2, 0.25) is 5.91 Å². The van der Waals surface area contributed by atoms with Crippen LogP contribution in [0.3, 0.4) is 0 Å². The van der Waals surface area contributed by atoms with Crippen molar-refractivity contribution in [1.29, 1.82) is 0 Å². The molecule has 8 nitrogen and oxygen atoms in total. The minimum Gasteiger partial charge on any atom is -0.383 e. The molecule has 0 aromatic carbocycles. The molecular formula is C16H23N3O5. The fraction of sp³-hybridized carbons (Fsp3) is 0.625. The molecule has 0 saturated carbocycles. The number of methoxy groups -OCH3 is 1. The molecule has 0 bridgehead atoms. The van der Waals surface area contributed by atoms with Crippen LogP contribution in [0.2, 0.25) is 0 Å². The van der Waals surface area contributed by atoms with E-state index in [9.17, 15) is 19.2 Å². The first-order valence-corrected chi connectivity index (χ1v) is 8.15. The molecule has 0 unspecified atom stereocenters. The van der Waals surface area contributed by atoms with Crippen LogP contribution >= 0.6 is 0 Å². The number of rotatable bonds is 8. The lowest BCUT2D eigenvalue weighted by molar-refractivity contribution is -0.144. The molecule has 24 heavy (non-hydrogen) atoms. The van der Waals surface area contributed by atoms with Crippen LogP contribution in [0, 0.1) is 0 Å². The monoisotopic (exact) mass is 337 g/mol. The third kappa shape index (κ3) is 4.41. The molecule has 5 amide bonds. The average Bonchev–Trinajstić information content (AvgIpc) is 2.78. The maximum absolute atomic E-state index is 12.3. The van der Waals surface area contributed by atoms with E-state index in [0.717, 1.165) is 30.6 Å². The van der Waals surface area contributed by atoms with Crippen LogP contribution in [0.1, 0.15) is 32.1 Å². The van der Waals surface area contributed by atoms with Gasteiger partial charge in [-0.2, -0.15) is 0 Å². The summed E-state index contributed by atoms with van der Waals surface area (Å²) in [6.45, 7) is 0.328. The van der Waals surface area contributed by atoms with Crippen LogP contribution in [-0.2, 0) is 19.1 Å². The summed E-state index contributed by atoms with van der Waals surface area (Å²) in [7, 11) is 1.50. The van der Waals surface area contributed by atoms with Crippen LogP contribution in [0.4, 0.5) is 4.79 Å². The Kier molecular flexibility index (Phi) is 6.48. The fourth-order valence-corrected chi connectivity index (χ4v) is 2.77. The summed E-state index contributed by atoms with van der Waals surface area (Å²) in [5.41, 5.74) is 1.21. The first kappa shape index (κ1) is 18.1. The van der Waals surface area contributed by atoms with E-state index in [1.165, 1.54) is 12.7 Å². The highest BCUT2D eigenvalue weighted by molar-refractivity contribution is 6.45. The molecule has 132 valence electrons. The number of nitrogens with zero attached hydrogens (tertiary/aromatic N) is 2. The van der Waals surface area contributed by atoms with E-state index in [1.807, 2.05) is 0 Å². The van der Waals surface area contributed by atoms with Crippen LogP contribution in [-0.4, -0.2) is 66.9 Å². The van der Waals surface area contributed by atoms with Gasteiger partial charge < -0.3 is 10.1 Å². The quantitative estimate of drug-likeness (QED) is 0.300. The molecule has 0 aromatic heterocycles. The largest absolute Gasteiger partial charge is 0.383 e. The predicted molar refractivity (Wildman–Crippen MR) is 84.9 cm³/mol. The minimum atomic E-state index is -0.945. The standard InChI is InChI=1S/C16H23N3O5/c1-24-10-8-17-13(20)11-19-15(22)14(21)18(16(19)23)9-7-12-5-3-2-4-6-12/h5H,2-4,6-11H2,1H3,(H,17,20). The van der Waals surface area contributed by atoms with Gasteiger partial charge in [0.25, 0.3) is 0 Å². The highest BCUT2D eigenvalue weighted by atomic mass is 16.5. The molecule has 1 aliphatic heterocycles. The van der Waals surface area contributed by atoms with Crippen LogP contribution in [0.25, 0.3) is 0 Å². The number of ether oxygens (including phenoxy) is 1. The van der Waals surface area contributed by atoms with Crippen molar-refractivity contribution < 1.29 is 23.9 Å². The van der Waals surface area contributed by atoms with Crippen molar-refractivity contribution in [3.8, 4) is 0 Å². The summed E-state index contributed by atoms with van der Waals surface area (Å²) in [6, 6.07) is -0.719. The number of carbonyl (C=O) groups is 4. The molecule has 0 spiro atoms. The van der Waals surface area contributed by atoms with Crippen molar-refractivity contribution in [1.82, 2.24) is 15.1 Å². The van der Waals surface area contributed by atoms with Gasteiger partial charge in [-0.3, -0.25) is 19.3 Å². The zero-order chi connectivity index (χ0) is 17.5. The molecule has 1 heterocycles. The normalized spacial score (nSPS) is 18.2. The van der Waals surface area contributed by atoms with Gasteiger partial charge in [-0.15, -0.1) is 0 Å².